The maximum Gasteiger partial charge on any atom is 0.317 e. The molecule has 0 radical (unpaired) electrons. The molecular formula is C16H26N2O2. The van der Waals surface area contributed by atoms with Gasteiger partial charge in [0.15, 0.2) is 0 Å². The van der Waals surface area contributed by atoms with Crippen LogP contribution in [0.25, 0.3) is 0 Å². The van der Waals surface area contributed by atoms with E-state index in [2.05, 4.69) is 24.4 Å². The van der Waals surface area contributed by atoms with E-state index < -0.39 is 0 Å². The van der Waals surface area contributed by atoms with Crippen LogP contribution in [-0.2, 0) is 6.54 Å². The summed E-state index contributed by atoms with van der Waals surface area (Å²) in [4.78, 5) is 14.0. The van der Waals surface area contributed by atoms with E-state index in [1.54, 1.807) is 4.90 Å². The fourth-order valence-corrected chi connectivity index (χ4v) is 2.13. The first-order valence-electron chi connectivity index (χ1n) is 7.28. The van der Waals surface area contributed by atoms with Crippen LogP contribution in [0.4, 0.5) is 4.79 Å². The minimum absolute atomic E-state index is 0.0422. The third-order valence-corrected chi connectivity index (χ3v) is 3.29. The second-order valence-corrected chi connectivity index (χ2v) is 5.22. The first-order valence-corrected chi connectivity index (χ1v) is 7.28. The molecule has 0 aliphatic rings. The van der Waals surface area contributed by atoms with Crippen molar-refractivity contribution in [1.82, 2.24) is 10.2 Å². The quantitative estimate of drug-likeness (QED) is 0.805. The van der Waals surface area contributed by atoms with Gasteiger partial charge in [0.25, 0.3) is 0 Å². The number of aliphatic hydroxyl groups is 1. The zero-order valence-corrected chi connectivity index (χ0v) is 12.7. The smallest absolute Gasteiger partial charge is 0.317 e. The van der Waals surface area contributed by atoms with Crippen molar-refractivity contribution in [2.75, 3.05) is 13.2 Å². The Hall–Kier alpha value is -1.55. The molecule has 1 aromatic carbocycles. The van der Waals surface area contributed by atoms with Crippen LogP contribution in [0.2, 0.25) is 0 Å². The van der Waals surface area contributed by atoms with Crippen molar-refractivity contribution in [3.63, 3.8) is 0 Å². The molecule has 1 rings (SSSR count). The summed E-state index contributed by atoms with van der Waals surface area (Å²) in [5, 5.41) is 11.8. The Labute approximate surface area is 121 Å². The van der Waals surface area contributed by atoms with Gasteiger partial charge < -0.3 is 15.3 Å². The SMILES string of the molecule is CCN(Cc1cccc(C)c1)C(=O)NC(C)CCCO. The first-order chi connectivity index (χ1) is 9.56. The molecule has 0 saturated heterocycles. The maximum atomic E-state index is 12.2. The van der Waals surface area contributed by atoms with E-state index in [1.165, 1.54) is 5.56 Å². The van der Waals surface area contributed by atoms with Gasteiger partial charge >= 0.3 is 6.03 Å². The van der Waals surface area contributed by atoms with Gasteiger partial charge in [-0.15, -0.1) is 0 Å². The number of amides is 2. The summed E-state index contributed by atoms with van der Waals surface area (Å²) in [6, 6.07) is 8.25. The molecular weight excluding hydrogens is 252 g/mol. The lowest BCUT2D eigenvalue weighted by molar-refractivity contribution is 0.192. The van der Waals surface area contributed by atoms with Gasteiger partial charge in [-0.05, 0) is 39.2 Å². The van der Waals surface area contributed by atoms with E-state index in [9.17, 15) is 4.79 Å². The van der Waals surface area contributed by atoms with E-state index in [0.717, 1.165) is 12.0 Å². The molecule has 0 aliphatic carbocycles. The lowest BCUT2D eigenvalue weighted by Gasteiger charge is -2.24. The molecule has 0 fully saturated rings. The number of hydrogen-bond acceptors (Lipinski definition) is 2. The fourth-order valence-electron chi connectivity index (χ4n) is 2.13. The van der Waals surface area contributed by atoms with E-state index >= 15 is 0 Å². The number of carbonyl (C=O) groups excluding carboxylic acids is 1. The topological polar surface area (TPSA) is 52.6 Å². The maximum absolute atomic E-state index is 12.2. The minimum atomic E-state index is -0.0422. The monoisotopic (exact) mass is 278 g/mol. The number of aliphatic hydroxyl groups excluding tert-OH is 1. The third kappa shape index (κ3) is 5.61. The first kappa shape index (κ1) is 16.5. The van der Waals surface area contributed by atoms with E-state index in [1.807, 2.05) is 26.0 Å². The number of urea groups is 1. The van der Waals surface area contributed by atoms with Gasteiger partial charge in [0.2, 0.25) is 0 Å². The van der Waals surface area contributed by atoms with Crippen molar-refractivity contribution in [1.29, 1.82) is 0 Å². The molecule has 1 aromatic rings. The zero-order chi connectivity index (χ0) is 15.0. The minimum Gasteiger partial charge on any atom is -0.396 e. The van der Waals surface area contributed by atoms with Crippen LogP contribution in [0.15, 0.2) is 24.3 Å². The predicted octanol–water partition coefficient (Wildman–Crippen LogP) is 2.69. The lowest BCUT2D eigenvalue weighted by atomic mass is 10.1. The van der Waals surface area contributed by atoms with Crippen molar-refractivity contribution in [3.8, 4) is 0 Å². The van der Waals surface area contributed by atoms with Gasteiger partial charge in [0.05, 0.1) is 0 Å². The summed E-state index contributed by atoms with van der Waals surface area (Å²) in [5.41, 5.74) is 2.35. The molecule has 2 amide bonds. The molecule has 0 aliphatic heterocycles. The van der Waals surface area contributed by atoms with Crippen molar-refractivity contribution < 1.29 is 9.90 Å². The highest BCUT2D eigenvalue weighted by molar-refractivity contribution is 5.74. The summed E-state index contributed by atoms with van der Waals surface area (Å²) >= 11 is 0. The van der Waals surface area contributed by atoms with Crippen molar-refractivity contribution in [2.45, 2.75) is 46.2 Å². The number of rotatable bonds is 7. The van der Waals surface area contributed by atoms with E-state index in [4.69, 9.17) is 5.11 Å². The van der Waals surface area contributed by atoms with Gasteiger partial charge in [-0.2, -0.15) is 0 Å². The van der Waals surface area contributed by atoms with Crippen molar-refractivity contribution >= 4 is 6.03 Å². The average Bonchev–Trinajstić information content (AvgIpc) is 2.42. The molecule has 4 nitrogen and oxygen atoms in total. The summed E-state index contributed by atoms with van der Waals surface area (Å²) in [7, 11) is 0. The Kier molecular flexibility index (Phi) is 7.09. The standard InChI is InChI=1S/C16H26N2O2/c1-4-18(12-15-9-5-7-13(2)11-15)16(20)17-14(3)8-6-10-19/h5,7,9,11,14,19H,4,6,8,10,12H2,1-3H3,(H,17,20). The molecule has 0 saturated carbocycles. The Morgan fingerprint density at radius 1 is 1.45 bits per heavy atom. The molecule has 112 valence electrons. The molecule has 0 heterocycles. The van der Waals surface area contributed by atoms with Crippen molar-refractivity contribution in [2.24, 2.45) is 0 Å². The Morgan fingerprint density at radius 3 is 2.80 bits per heavy atom. The molecule has 20 heavy (non-hydrogen) atoms. The number of carbonyl (C=O) groups is 1. The predicted molar refractivity (Wildman–Crippen MR) is 81.6 cm³/mol. The highest BCUT2D eigenvalue weighted by Gasteiger charge is 2.14. The van der Waals surface area contributed by atoms with Crippen LogP contribution in [-0.4, -0.2) is 35.2 Å². The van der Waals surface area contributed by atoms with Gasteiger partial charge in [-0.3, -0.25) is 0 Å². The summed E-state index contributed by atoms with van der Waals surface area (Å²) in [6.45, 7) is 7.46. The highest BCUT2D eigenvalue weighted by atomic mass is 16.3. The van der Waals surface area contributed by atoms with Gasteiger partial charge in [-0.1, -0.05) is 29.8 Å². The molecule has 0 aromatic heterocycles. The van der Waals surface area contributed by atoms with Crippen LogP contribution in [0.5, 0.6) is 0 Å². The molecule has 1 unspecified atom stereocenters. The number of hydrogen-bond donors (Lipinski definition) is 2. The van der Waals surface area contributed by atoms with Gasteiger partial charge in [0, 0.05) is 25.7 Å². The normalized spacial score (nSPS) is 12.0. The van der Waals surface area contributed by atoms with E-state index in [0.29, 0.717) is 19.5 Å². The summed E-state index contributed by atoms with van der Waals surface area (Å²) < 4.78 is 0. The number of nitrogens with zero attached hydrogens (tertiary/aromatic N) is 1. The second-order valence-electron chi connectivity index (χ2n) is 5.22. The number of aryl methyl sites for hydroxylation is 1. The largest absolute Gasteiger partial charge is 0.396 e. The number of nitrogens with one attached hydrogen (secondary N) is 1. The van der Waals surface area contributed by atoms with Crippen LogP contribution in [0.3, 0.4) is 0 Å². The highest BCUT2D eigenvalue weighted by Crippen LogP contribution is 2.08. The molecule has 0 bridgehead atoms. The average molecular weight is 278 g/mol. The van der Waals surface area contributed by atoms with Crippen LogP contribution in [0.1, 0.15) is 37.8 Å². The van der Waals surface area contributed by atoms with Crippen LogP contribution in [0, 0.1) is 6.92 Å². The third-order valence-electron chi connectivity index (χ3n) is 3.29. The second kappa shape index (κ2) is 8.59. The van der Waals surface area contributed by atoms with Crippen LogP contribution < -0.4 is 5.32 Å². The zero-order valence-electron chi connectivity index (χ0n) is 12.7. The van der Waals surface area contributed by atoms with Crippen molar-refractivity contribution in [3.05, 3.63) is 35.4 Å². The molecule has 2 N–H and O–H groups in total. The van der Waals surface area contributed by atoms with E-state index in [-0.39, 0.29) is 18.7 Å². The summed E-state index contributed by atoms with van der Waals surface area (Å²) in [5.74, 6) is 0. The molecule has 4 heteroatoms. The Bertz CT molecular complexity index is 421. The fraction of sp³-hybridized carbons (Fsp3) is 0.562. The lowest BCUT2D eigenvalue weighted by Crippen LogP contribution is -2.43. The van der Waals surface area contributed by atoms with Crippen LogP contribution >= 0.6 is 0 Å². The molecule has 1 atom stereocenters. The Morgan fingerprint density at radius 2 is 2.20 bits per heavy atom. The van der Waals surface area contributed by atoms with Gasteiger partial charge in [0.1, 0.15) is 0 Å². The number of benzene rings is 1. The summed E-state index contributed by atoms with van der Waals surface area (Å²) in [6.07, 6.45) is 1.51. The van der Waals surface area contributed by atoms with Gasteiger partial charge in [-0.25, -0.2) is 4.79 Å². The molecule has 0 spiro atoms. The Balaban J connectivity index is 2.54.